The Morgan fingerprint density at radius 3 is 2.44 bits per heavy atom. The standard InChI is InChI=1S/C23H32FN5O2S/c1-17(26-23(31)22(30)25-10-11-27(2)3)21(20-9-6-16-32-20)29-14-12-28(13-15-29)19-8-5-4-7-18(19)24/h4-9,16-17,21H,10-15H2,1-3H3,(H,25,30)(H,26,31). The Kier molecular flexibility index (Phi) is 8.60. The van der Waals surface area contributed by atoms with Gasteiger partial charge in [-0.2, -0.15) is 0 Å². The molecule has 1 aliphatic heterocycles. The average molecular weight is 462 g/mol. The molecule has 174 valence electrons. The first-order valence-electron chi connectivity index (χ1n) is 10.9. The van der Waals surface area contributed by atoms with Crippen molar-refractivity contribution in [2.45, 2.75) is 19.0 Å². The molecule has 0 radical (unpaired) electrons. The van der Waals surface area contributed by atoms with Gasteiger partial charge in [-0.15, -0.1) is 11.3 Å². The Labute approximate surface area is 193 Å². The van der Waals surface area contributed by atoms with Gasteiger partial charge >= 0.3 is 11.8 Å². The number of nitrogens with zero attached hydrogens (tertiary/aromatic N) is 3. The first-order valence-corrected chi connectivity index (χ1v) is 11.7. The highest BCUT2D eigenvalue weighted by molar-refractivity contribution is 7.10. The third kappa shape index (κ3) is 6.27. The van der Waals surface area contributed by atoms with Gasteiger partial charge in [0.25, 0.3) is 0 Å². The molecule has 3 rings (SSSR count). The predicted octanol–water partition coefficient (Wildman–Crippen LogP) is 1.93. The van der Waals surface area contributed by atoms with Crippen molar-refractivity contribution in [3.63, 3.8) is 0 Å². The van der Waals surface area contributed by atoms with E-state index in [1.807, 2.05) is 43.4 Å². The minimum absolute atomic E-state index is 0.0590. The number of nitrogens with one attached hydrogen (secondary N) is 2. The number of anilines is 1. The molecule has 2 aromatic rings. The Hall–Kier alpha value is -2.49. The SMILES string of the molecule is CC(NC(=O)C(=O)NCCN(C)C)C(c1cccs1)N1CCN(c2ccccc2F)CC1. The number of thiophene rings is 1. The molecule has 0 spiro atoms. The van der Waals surface area contributed by atoms with Crippen molar-refractivity contribution >= 4 is 28.8 Å². The number of carbonyl (C=O) groups excluding carboxylic acids is 2. The number of carbonyl (C=O) groups is 2. The zero-order chi connectivity index (χ0) is 23.1. The third-order valence-electron chi connectivity index (χ3n) is 5.62. The van der Waals surface area contributed by atoms with E-state index in [9.17, 15) is 14.0 Å². The van der Waals surface area contributed by atoms with E-state index in [1.54, 1.807) is 23.5 Å². The Bertz CT molecular complexity index is 884. The maximum Gasteiger partial charge on any atom is 0.309 e. The number of piperazine rings is 1. The van der Waals surface area contributed by atoms with Crippen molar-refractivity contribution in [1.29, 1.82) is 0 Å². The fraction of sp³-hybridized carbons (Fsp3) is 0.478. The van der Waals surface area contributed by atoms with E-state index in [0.717, 1.165) is 18.0 Å². The van der Waals surface area contributed by atoms with Crippen LogP contribution in [0.15, 0.2) is 41.8 Å². The molecule has 1 aliphatic rings. The topological polar surface area (TPSA) is 67.9 Å². The Balaban J connectivity index is 1.63. The van der Waals surface area contributed by atoms with Crippen molar-refractivity contribution in [3.8, 4) is 0 Å². The van der Waals surface area contributed by atoms with Crippen molar-refractivity contribution < 1.29 is 14.0 Å². The fourth-order valence-electron chi connectivity index (χ4n) is 3.98. The summed E-state index contributed by atoms with van der Waals surface area (Å²) in [6.45, 7) is 5.85. The normalized spacial score (nSPS) is 16.6. The fourth-order valence-corrected chi connectivity index (χ4v) is 4.94. The second-order valence-electron chi connectivity index (χ2n) is 8.26. The van der Waals surface area contributed by atoms with E-state index in [4.69, 9.17) is 0 Å². The van der Waals surface area contributed by atoms with Crippen molar-refractivity contribution in [3.05, 3.63) is 52.5 Å². The molecule has 1 saturated heterocycles. The van der Waals surface area contributed by atoms with Crippen molar-refractivity contribution in [2.75, 3.05) is 58.3 Å². The number of benzene rings is 1. The van der Waals surface area contributed by atoms with Gasteiger partial charge in [0.15, 0.2) is 0 Å². The van der Waals surface area contributed by atoms with Crippen molar-refractivity contribution in [2.24, 2.45) is 0 Å². The smallest absolute Gasteiger partial charge is 0.309 e. The zero-order valence-corrected chi connectivity index (χ0v) is 19.7. The van der Waals surface area contributed by atoms with Gasteiger partial charge in [-0.1, -0.05) is 18.2 Å². The maximum atomic E-state index is 14.2. The summed E-state index contributed by atoms with van der Waals surface area (Å²) in [7, 11) is 3.82. The molecule has 0 bridgehead atoms. The van der Waals surface area contributed by atoms with Crippen LogP contribution in [0.2, 0.25) is 0 Å². The lowest BCUT2D eigenvalue weighted by Gasteiger charge is -2.42. The van der Waals surface area contributed by atoms with E-state index >= 15 is 0 Å². The summed E-state index contributed by atoms with van der Waals surface area (Å²) in [5, 5.41) is 7.55. The molecule has 2 N–H and O–H groups in total. The first-order chi connectivity index (χ1) is 15.4. The molecular weight excluding hydrogens is 429 g/mol. The van der Waals surface area contributed by atoms with Gasteiger partial charge in [0.2, 0.25) is 0 Å². The van der Waals surface area contributed by atoms with Gasteiger partial charge < -0.3 is 20.4 Å². The number of hydrogen-bond acceptors (Lipinski definition) is 6. The van der Waals surface area contributed by atoms with Crippen LogP contribution < -0.4 is 15.5 Å². The van der Waals surface area contributed by atoms with Crippen LogP contribution in [0.3, 0.4) is 0 Å². The first kappa shape index (κ1) is 24.2. The molecule has 1 aromatic carbocycles. The van der Waals surface area contributed by atoms with Crippen LogP contribution in [0.4, 0.5) is 10.1 Å². The van der Waals surface area contributed by atoms with E-state index < -0.39 is 11.8 Å². The van der Waals surface area contributed by atoms with E-state index in [0.29, 0.717) is 31.9 Å². The van der Waals surface area contributed by atoms with Gasteiger partial charge in [0, 0.05) is 50.2 Å². The lowest BCUT2D eigenvalue weighted by molar-refractivity contribution is -0.139. The Morgan fingerprint density at radius 1 is 1.09 bits per heavy atom. The maximum absolute atomic E-state index is 14.2. The van der Waals surface area contributed by atoms with Gasteiger partial charge in [-0.3, -0.25) is 14.5 Å². The van der Waals surface area contributed by atoms with Crippen LogP contribution in [0.5, 0.6) is 0 Å². The number of para-hydroxylation sites is 1. The summed E-state index contributed by atoms with van der Waals surface area (Å²) in [6, 6.07) is 10.6. The van der Waals surface area contributed by atoms with Crippen LogP contribution in [-0.4, -0.2) is 81.0 Å². The summed E-state index contributed by atoms with van der Waals surface area (Å²) in [6.07, 6.45) is 0. The van der Waals surface area contributed by atoms with Crippen molar-refractivity contribution in [1.82, 2.24) is 20.4 Å². The summed E-state index contributed by atoms with van der Waals surface area (Å²) in [4.78, 5) is 32.1. The van der Waals surface area contributed by atoms with Crippen LogP contribution in [0.1, 0.15) is 17.8 Å². The molecule has 1 fully saturated rings. The molecule has 0 saturated carbocycles. The lowest BCUT2D eigenvalue weighted by Crippen LogP contribution is -2.54. The molecule has 7 nitrogen and oxygen atoms in total. The minimum Gasteiger partial charge on any atom is -0.367 e. The van der Waals surface area contributed by atoms with E-state index in [-0.39, 0.29) is 17.9 Å². The summed E-state index contributed by atoms with van der Waals surface area (Å²) in [5.74, 6) is -1.45. The molecule has 9 heteroatoms. The zero-order valence-electron chi connectivity index (χ0n) is 18.9. The second kappa shape index (κ2) is 11.4. The summed E-state index contributed by atoms with van der Waals surface area (Å²) in [5.41, 5.74) is 0.621. The molecule has 2 unspecified atom stereocenters. The van der Waals surface area contributed by atoms with Gasteiger partial charge in [-0.05, 0) is 44.6 Å². The third-order valence-corrected chi connectivity index (χ3v) is 6.56. The second-order valence-corrected chi connectivity index (χ2v) is 9.24. The number of amides is 2. The average Bonchev–Trinajstić information content (AvgIpc) is 3.28. The number of halogens is 1. The summed E-state index contributed by atoms with van der Waals surface area (Å²) >= 11 is 1.63. The number of hydrogen-bond donors (Lipinski definition) is 2. The highest BCUT2D eigenvalue weighted by Gasteiger charge is 2.32. The van der Waals surface area contributed by atoms with Crippen LogP contribution >= 0.6 is 11.3 Å². The highest BCUT2D eigenvalue weighted by atomic mass is 32.1. The van der Waals surface area contributed by atoms with Crippen LogP contribution in [-0.2, 0) is 9.59 Å². The molecule has 2 heterocycles. The highest BCUT2D eigenvalue weighted by Crippen LogP contribution is 2.30. The van der Waals surface area contributed by atoms with Crippen LogP contribution in [0.25, 0.3) is 0 Å². The van der Waals surface area contributed by atoms with Gasteiger partial charge in [0.1, 0.15) is 5.82 Å². The van der Waals surface area contributed by atoms with Gasteiger partial charge in [-0.25, -0.2) is 4.39 Å². The lowest BCUT2D eigenvalue weighted by atomic mass is 10.0. The molecule has 1 aromatic heterocycles. The summed E-state index contributed by atoms with van der Waals surface area (Å²) < 4.78 is 14.2. The molecule has 2 atom stereocenters. The Morgan fingerprint density at radius 2 is 1.81 bits per heavy atom. The quantitative estimate of drug-likeness (QED) is 0.588. The predicted molar refractivity (Wildman–Crippen MR) is 126 cm³/mol. The largest absolute Gasteiger partial charge is 0.367 e. The minimum atomic E-state index is -0.622. The van der Waals surface area contributed by atoms with Crippen LogP contribution in [0, 0.1) is 5.82 Å². The van der Waals surface area contributed by atoms with Gasteiger partial charge in [0.05, 0.1) is 11.7 Å². The molecular formula is C23H32FN5O2S. The van der Waals surface area contributed by atoms with E-state index in [1.165, 1.54) is 6.07 Å². The molecule has 2 amide bonds. The number of rotatable bonds is 8. The molecule has 32 heavy (non-hydrogen) atoms. The van der Waals surface area contributed by atoms with E-state index in [2.05, 4.69) is 26.5 Å². The number of likely N-dealkylation sites (N-methyl/N-ethyl adjacent to an activating group) is 1. The molecule has 0 aliphatic carbocycles. The monoisotopic (exact) mass is 461 g/mol.